The van der Waals surface area contributed by atoms with E-state index in [9.17, 15) is 4.79 Å². The number of rotatable bonds is 5. The van der Waals surface area contributed by atoms with Gasteiger partial charge in [0.1, 0.15) is 17.5 Å². The van der Waals surface area contributed by atoms with Gasteiger partial charge in [-0.25, -0.2) is 4.98 Å². The highest BCUT2D eigenvalue weighted by molar-refractivity contribution is 5.83. The molecule has 0 amide bonds. The molecule has 2 fully saturated rings. The van der Waals surface area contributed by atoms with E-state index in [1.807, 2.05) is 28.7 Å². The van der Waals surface area contributed by atoms with Gasteiger partial charge in [0.05, 0.1) is 23.7 Å². The number of hydrogen-bond acceptors (Lipinski definition) is 7. The highest BCUT2D eigenvalue weighted by Crippen LogP contribution is 2.24. The van der Waals surface area contributed by atoms with Crippen molar-refractivity contribution in [1.29, 1.82) is 0 Å². The van der Waals surface area contributed by atoms with Crippen LogP contribution in [0.3, 0.4) is 0 Å². The Kier molecular flexibility index (Phi) is 4.57. The first-order chi connectivity index (χ1) is 15.3. The van der Waals surface area contributed by atoms with Crippen LogP contribution in [-0.4, -0.2) is 49.4 Å². The SMILES string of the molecule is O=c1c2c(-c3noc(CC4CCCN4)n3)ncn2c2ccccc2n1CC1CCCO1. The van der Waals surface area contributed by atoms with Crippen LogP contribution in [0, 0.1) is 0 Å². The standard InChI is InChI=1S/C22H24N6O3/c29-22-20-19(21-25-18(31-26-21)11-14-5-3-9-23-14)24-13-28(20)17-8-2-1-7-16(17)27(22)12-15-6-4-10-30-15/h1-2,7-8,13-15,23H,3-6,9-12H2. The molecule has 1 N–H and O–H groups in total. The van der Waals surface area contributed by atoms with Gasteiger partial charge >= 0.3 is 0 Å². The number of nitrogens with zero attached hydrogens (tertiary/aromatic N) is 5. The van der Waals surface area contributed by atoms with Crippen LogP contribution in [0.15, 0.2) is 39.9 Å². The molecule has 2 aliphatic heterocycles. The minimum atomic E-state index is -0.120. The number of fused-ring (bicyclic) bond motifs is 3. The van der Waals surface area contributed by atoms with Crippen LogP contribution in [0.25, 0.3) is 28.1 Å². The van der Waals surface area contributed by atoms with Gasteiger partial charge in [-0.1, -0.05) is 17.3 Å². The maximum Gasteiger partial charge on any atom is 0.277 e. The summed E-state index contributed by atoms with van der Waals surface area (Å²) in [6.45, 7) is 2.29. The zero-order valence-corrected chi connectivity index (χ0v) is 17.2. The van der Waals surface area contributed by atoms with Crippen molar-refractivity contribution in [2.45, 2.75) is 50.8 Å². The monoisotopic (exact) mass is 420 g/mol. The number of benzene rings is 1. The molecule has 31 heavy (non-hydrogen) atoms. The van der Waals surface area contributed by atoms with Crippen LogP contribution in [0.1, 0.15) is 31.6 Å². The minimum Gasteiger partial charge on any atom is -0.376 e. The summed E-state index contributed by atoms with van der Waals surface area (Å²) in [6.07, 6.45) is 6.65. The summed E-state index contributed by atoms with van der Waals surface area (Å²) >= 11 is 0. The minimum absolute atomic E-state index is 0.0469. The summed E-state index contributed by atoms with van der Waals surface area (Å²) in [4.78, 5) is 22.7. The quantitative estimate of drug-likeness (QED) is 0.528. The molecule has 0 aliphatic carbocycles. The summed E-state index contributed by atoms with van der Waals surface area (Å²) in [5, 5.41) is 7.58. The summed E-state index contributed by atoms with van der Waals surface area (Å²) in [5.74, 6) is 0.919. The molecular formula is C22H24N6O3. The Hall–Kier alpha value is -3.04. The van der Waals surface area contributed by atoms with E-state index in [4.69, 9.17) is 9.26 Å². The first-order valence-corrected chi connectivity index (χ1v) is 10.9. The second-order valence-electron chi connectivity index (χ2n) is 8.36. The van der Waals surface area contributed by atoms with Gasteiger partial charge in [0, 0.05) is 19.1 Å². The summed E-state index contributed by atoms with van der Waals surface area (Å²) in [7, 11) is 0. The van der Waals surface area contributed by atoms with E-state index in [2.05, 4.69) is 20.4 Å². The number of ether oxygens (including phenoxy) is 1. The lowest BCUT2D eigenvalue weighted by Gasteiger charge is -2.16. The fourth-order valence-electron chi connectivity index (χ4n) is 4.78. The van der Waals surface area contributed by atoms with Crippen molar-refractivity contribution in [3.05, 3.63) is 46.8 Å². The fraction of sp³-hybridized carbons (Fsp3) is 0.455. The van der Waals surface area contributed by atoms with E-state index < -0.39 is 0 Å². The van der Waals surface area contributed by atoms with E-state index in [-0.39, 0.29) is 11.7 Å². The highest BCUT2D eigenvalue weighted by Gasteiger charge is 2.24. The van der Waals surface area contributed by atoms with Crippen molar-refractivity contribution >= 4 is 16.6 Å². The molecule has 3 aromatic heterocycles. The summed E-state index contributed by atoms with van der Waals surface area (Å²) < 4.78 is 14.9. The molecular weight excluding hydrogens is 396 g/mol. The molecule has 4 aromatic rings. The molecule has 9 heteroatoms. The number of hydrogen-bond donors (Lipinski definition) is 1. The van der Waals surface area contributed by atoms with Gasteiger partial charge in [-0.2, -0.15) is 4.98 Å². The average molecular weight is 420 g/mol. The molecule has 2 saturated heterocycles. The van der Waals surface area contributed by atoms with Gasteiger partial charge in [-0.05, 0) is 44.4 Å². The molecule has 0 saturated carbocycles. The number of para-hydroxylation sites is 2. The topological polar surface area (TPSA) is 99.5 Å². The van der Waals surface area contributed by atoms with Gasteiger partial charge in [0.2, 0.25) is 11.7 Å². The Balaban J connectivity index is 1.46. The second-order valence-corrected chi connectivity index (χ2v) is 8.36. The van der Waals surface area contributed by atoms with Gasteiger partial charge in [0.15, 0.2) is 0 Å². The lowest BCUT2D eigenvalue weighted by Crippen LogP contribution is -2.28. The van der Waals surface area contributed by atoms with Crippen molar-refractivity contribution in [2.75, 3.05) is 13.2 Å². The molecule has 0 radical (unpaired) electrons. The predicted molar refractivity (Wildman–Crippen MR) is 114 cm³/mol. The van der Waals surface area contributed by atoms with Gasteiger partial charge in [-0.3, -0.25) is 9.20 Å². The van der Waals surface area contributed by atoms with Gasteiger partial charge in [0.25, 0.3) is 5.56 Å². The first kappa shape index (κ1) is 18.7. The number of imidazole rings is 1. The molecule has 9 nitrogen and oxygen atoms in total. The van der Waals surface area contributed by atoms with Crippen molar-refractivity contribution in [2.24, 2.45) is 0 Å². The van der Waals surface area contributed by atoms with Crippen LogP contribution in [0.2, 0.25) is 0 Å². The molecule has 1 aromatic carbocycles. The maximum absolute atomic E-state index is 13.6. The Morgan fingerprint density at radius 2 is 2.06 bits per heavy atom. The predicted octanol–water partition coefficient (Wildman–Crippen LogP) is 2.17. The molecule has 160 valence electrons. The lowest BCUT2D eigenvalue weighted by molar-refractivity contribution is 0.0973. The number of aromatic nitrogens is 5. The van der Waals surface area contributed by atoms with E-state index in [0.717, 1.165) is 49.9 Å². The van der Waals surface area contributed by atoms with E-state index in [1.165, 1.54) is 0 Å². The van der Waals surface area contributed by atoms with Crippen LogP contribution < -0.4 is 10.9 Å². The molecule has 2 atom stereocenters. The average Bonchev–Trinajstić information content (AvgIpc) is 3.59. The fourth-order valence-corrected chi connectivity index (χ4v) is 4.78. The summed E-state index contributed by atoms with van der Waals surface area (Å²) in [6, 6.07) is 8.22. The second kappa shape index (κ2) is 7.58. The Bertz CT molecular complexity index is 1290. The zero-order chi connectivity index (χ0) is 20.8. The van der Waals surface area contributed by atoms with Crippen molar-refractivity contribution in [3.8, 4) is 11.5 Å². The van der Waals surface area contributed by atoms with Gasteiger partial charge < -0.3 is 19.1 Å². The van der Waals surface area contributed by atoms with Crippen LogP contribution in [0.5, 0.6) is 0 Å². The van der Waals surface area contributed by atoms with Crippen LogP contribution >= 0.6 is 0 Å². The van der Waals surface area contributed by atoms with E-state index >= 15 is 0 Å². The lowest BCUT2D eigenvalue weighted by atomic mass is 10.1. The first-order valence-electron chi connectivity index (χ1n) is 10.9. The third-order valence-electron chi connectivity index (χ3n) is 6.32. The molecule has 6 rings (SSSR count). The Morgan fingerprint density at radius 3 is 2.87 bits per heavy atom. The van der Waals surface area contributed by atoms with Crippen molar-refractivity contribution in [1.82, 2.24) is 29.4 Å². The Labute approximate surface area is 178 Å². The van der Waals surface area contributed by atoms with Crippen molar-refractivity contribution in [3.63, 3.8) is 0 Å². The van der Waals surface area contributed by atoms with Crippen LogP contribution in [0.4, 0.5) is 0 Å². The van der Waals surface area contributed by atoms with E-state index in [1.54, 1.807) is 10.9 Å². The molecule has 2 unspecified atom stereocenters. The highest BCUT2D eigenvalue weighted by atomic mass is 16.5. The van der Waals surface area contributed by atoms with Gasteiger partial charge in [-0.15, -0.1) is 0 Å². The van der Waals surface area contributed by atoms with Crippen molar-refractivity contribution < 1.29 is 9.26 Å². The largest absolute Gasteiger partial charge is 0.376 e. The molecule has 0 spiro atoms. The molecule has 2 aliphatic rings. The normalized spacial score (nSPS) is 21.5. The third-order valence-corrected chi connectivity index (χ3v) is 6.32. The van der Waals surface area contributed by atoms with Crippen LogP contribution in [-0.2, 0) is 17.7 Å². The summed E-state index contributed by atoms with van der Waals surface area (Å²) in [5.41, 5.74) is 2.56. The molecule has 5 heterocycles. The van der Waals surface area contributed by atoms with E-state index in [0.29, 0.717) is 41.9 Å². The number of nitrogens with one attached hydrogen (secondary N) is 1. The molecule has 0 bridgehead atoms. The Morgan fingerprint density at radius 1 is 1.16 bits per heavy atom. The third kappa shape index (κ3) is 3.24. The maximum atomic E-state index is 13.6. The smallest absolute Gasteiger partial charge is 0.277 e. The zero-order valence-electron chi connectivity index (χ0n) is 17.2.